The first kappa shape index (κ1) is 33.9. The van der Waals surface area contributed by atoms with Crippen LogP contribution in [0.15, 0.2) is 209 Å². The molecule has 0 spiro atoms. The van der Waals surface area contributed by atoms with Crippen LogP contribution in [0.3, 0.4) is 0 Å². The zero-order valence-electron chi connectivity index (χ0n) is 34.2. The molecule has 0 amide bonds. The van der Waals surface area contributed by atoms with Crippen molar-refractivity contribution in [2.75, 3.05) is 9.80 Å². The quantitative estimate of drug-likeness (QED) is 0.163. The Morgan fingerprint density at radius 1 is 0.365 bits per heavy atom. The van der Waals surface area contributed by atoms with Crippen LogP contribution in [-0.2, 0) is 0 Å². The van der Waals surface area contributed by atoms with Crippen LogP contribution in [0, 0.1) is 0 Å². The van der Waals surface area contributed by atoms with Crippen LogP contribution in [-0.4, -0.2) is 6.71 Å². The van der Waals surface area contributed by atoms with E-state index in [2.05, 4.69) is 210 Å². The molecule has 0 fully saturated rings. The smallest absolute Gasteiger partial charge is 0.262 e. The second-order valence-corrected chi connectivity index (χ2v) is 17.7. The SMILES string of the molecule is C1=CC2c3ccccc3-c3c(cccc3N3c4cccc5c4B(c4c3oc3ccccc43)c3c(oc4ccccc34)N5c3cccc4c3C3C=CC=CC3c3ccccc3-4)C2C=C1. The van der Waals surface area contributed by atoms with Gasteiger partial charge in [-0.05, 0) is 80.8 Å². The lowest BCUT2D eigenvalue weighted by Crippen LogP contribution is -2.60. The highest BCUT2D eigenvalue weighted by atomic mass is 16.4. The van der Waals surface area contributed by atoms with E-state index in [-0.39, 0.29) is 30.4 Å². The highest BCUT2D eigenvalue weighted by molar-refractivity contribution is 7.02. The van der Waals surface area contributed by atoms with Crippen LogP contribution in [0.5, 0.6) is 0 Å². The first-order valence-electron chi connectivity index (χ1n) is 22.2. The first-order valence-corrected chi connectivity index (χ1v) is 22.2. The van der Waals surface area contributed by atoms with Gasteiger partial charge >= 0.3 is 0 Å². The number of rotatable bonds is 2. The molecule has 4 heterocycles. The van der Waals surface area contributed by atoms with Crippen molar-refractivity contribution in [1.29, 1.82) is 0 Å². The number of benzene rings is 7. The van der Waals surface area contributed by atoms with Gasteiger partial charge in [0.25, 0.3) is 6.71 Å². The van der Waals surface area contributed by atoms with E-state index >= 15 is 0 Å². The summed E-state index contributed by atoms with van der Waals surface area (Å²) in [5, 5.41) is 2.24. The molecule has 4 aliphatic carbocycles. The van der Waals surface area contributed by atoms with Gasteiger partial charge in [0.1, 0.15) is 11.2 Å². The van der Waals surface area contributed by atoms with Crippen molar-refractivity contribution in [3.63, 3.8) is 0 Å². The lowest BCUT2D eigenvalue weighted by atomic mass is 9.33. The molecule has 0 saturated heterocycles. The molecule has 5 heteroatoms. The Morgan fingerprint density at radius 3 is 1.52 bits per heavy atom. The number of allylic oxidation sites excluding steroid dienone is 8. The van der Waals surface area contributed by atoms with Gasteiger partial charge in [-0.2, -0.15) is 0 Å². The summed E-state index contributed by atoms with van der Waals surface area (Å²) < 4.78 is 14.4. The summed E-state index contributed by atoms with van der Waals surface area (Å²) in [5.74, 6) is 2.63. The summed E-state index contributed by atoms with van der Waals surface area (Å²) in [4.78, 5) is 4.92. The Labute approximate surface area is 365 Å². The van der Waals surface area contributed by atoms with Gasteiger partial charge in [0.15, 0.2) is 0 Å². The zero-order valence-corrected chi connectivity index (χ0v) is 34.2. The number of anilines is 6. The average Bonchev–Trinajstić information content (AvgIpc) is 3.93. The van der Waals surface area contributed by atoms with Crippen molar-refractivity contribution < 1.29 is 8.83 Å². The van der Waals surface area contributed by atoms with Crippen LogP contribution >= 0.6 is 0 Å². The Morgan fingerprint density at radius 2 is 0.825 bits per heavy atom. The molecule has 7 aromatic carbocycles. The van der Waals surface area contributed by atoms with Crippen LogP contribution < -0.4 is 26.2 Å². The third-order valence-corrected chi connectivity index (χ3v) is 14.8. The maximum atomic E-state index is 7.22. The minimum absolute atomic E-state index is 0.158. The molecule has 0 radical (unpaired) electrons. The molecule has 2 aromatic heterocycles. The fraction of sp³-hybridized carbons (Fsp3) is 0.0690. The summed E-state index contributed by atoms with van der Waals surface area (Å²) >= 11 is 0. The fourth-order valence-corrected chi connectivity index (χ4v) is 12.4. The molecule has 9 aromatic rings. The van der Waals surface area contributed by atoms with E-state index in [9.17, 15) is 0 Å². The highest BCUT2D eigenvalue weighted by Gasteiger charge is 2.50. The number of furan rings is 2. The molecule has 4 nitrogen and oxygen atoms in total. The molecule has 2 aliphatic heterocycles. The molecule has 294 valence electrons. The number of fused-ring (bicyclic) bond motifs is 20. The molecule has 0 N–H and O–H groups in total. The van der Waals surface area contributed by atoms with Gasteiger partial charge in [-0.3, -0.25) is 9.80 Å². The van der Waals surface area contributed by atoms with E-state index in [1.54, 1.807) is 0 Å². The monoisotopic (exact) mass is 804 g/mol. The molecule has 0 bridgehead atoms. The van der Waals surface area contributed by atoms with Crippen molar-refractivity contribution in [2.45, 2.75) is 23.7 Å². The van der Waals surface area contributed by atoms with Crippen LogP contribution in [0.2, 0.25) is 0 Å². The topological polar surface area (TPSA) is 32.8 Å². The lowest BCUT2D eigenvalue weighted by molar-refractivity contribution is 0.620. The van der Waals surface area contributed by atoms with Gasteiger partial charge in [-0.1, -0.05) is 164 Å². The molecule has 4 unspecified atom stereocenters. The van der Waals surface area contributed by atoms with Crippen molar-refractivity contribution in [3.05, 3.63) is 223 Å². The summed E-state index contributed by atoms with van der Waals surface area (Å²) in [7, 11) is 0. The Balaban J connectivity index is 1.05. The van der Waals surface area contributed by atoms with Crippen LogP contribution in [0.25, 0.3) is 44.2 Å². The summed E-state index contributed by atoms with van der Waals surface area (Å²) in [6.07, 6.45) is 18.4. The summed E-state index contributed by atoms with van der Waals surface area (Å²) in [6.45, 7) is -0.158. The average molecular weight is 805 g/mol. The number of hydrogen-bond acceptors (Lipinski definition) is 4. The van der Waals surface area contributed by atoms with E-state index in [0.29, 0.717) is 0 Å². The summed E-state index contributed by atoms with van der Waals surface area (Å²) in [5.41, 5.74) is 20.4. The third kappa shape index (κ3) is 4.36. The molecule has 4 atom stereocenters. The van der Waals surface area contributed by atoms with E-state index in [1.807, 2.05) is 0 Å². The van der Waals surface area contributed by atoms with Gasteiger partial charge in [-0.15, -0.1) is 0 Å². The Kier molecular flexibility index (Phi) is 6.69. The lowest BCUT2D eigenvalue weighted by Gasteiger charge is -2.43. The fourth-order valence-electron chi connectivity index (χ4n) is 12.4. The molecule has 63 heavy (non-hydrogen) atoms. The maximum absolute atomic E-state index is 7.22. The second-order valence-electron chi connectivity index (χ2n) is 17.7. The van der Waals surface area contributed by atoms with Crippen LogP contribution in [0.1, 0.15) is 45.9 Å². The van der Waals surface area contributed by atoms with E-state index < -0.39 is 0 Å². The third-order valence-electron chi connectivity index (χ3n) is 14.8. The van der Waals surface area contributed by atoms with Gasteiger partial charge in [-0.25, -0.2) is 0 Å². The minimum Gasteiger partial charge on any atom is -0.440 e. The standard InChI is InChI=1S/C58H37BN2O2/c1-3-18-38-34(16-1)36-20-5-7-22-40(36)52-42(38)26-13-28-46(52)60-48-30-15-31-49-56(48)59(54-44-24-9-11-32-50(44)62-57(54)60)55-45-25-10-12-33-51(45)63-58(55)61(49)47-29-14-27-43-39-19-4-2-17-35(39)37-21-6-8-23-41(37)53(43)47/h1-34,37-38,41H. The Hall–Kier alpha value is -7.76. The zero-order chi connectivity index (χ0) is 40.9. The normalized spacial score (nSPS) is 20.0. The van der Waals surface area contributed by atoms with Gasteiger partial charge < -0.3 is 8.83 Å². The Bertz CT molecular complexity index is 3600. The molecular weight excluding hydrogens is 767 g/mol. The van der Waals surface area contributed by atoms with Crippen LogP contribution in [0.4, 0.5) is 34.5 Å². The van der Waals surface area contributed by atoms with Gasteiger partial charge in [0, 0.05) is 62.3 Å². The molecule has 0 saturated carbocycles. The number of para-hydroxylation sites is 2. The van der Waals surface area contributed by atoms with Crippen molar-refractivity contribution in [2.24, 2.45) is 0 Å². The van der Waals surface area contributed by atoms with Gasteiger partial charge in [0.05, 0.1) is 11.4 Å². The first-order chi connectivity index (χ1) is 31.3. The minimum atomic E-state index is -0.158. The predicted octanol–water partition coefficient (Wildman–Crippen LogP) is 13.2. The highest BCUT2D eigenvalue weighted by Crippen LogP contribution is 2.58. The molecule has 15 rings (SSSR count). The van der Waals surface area contributed by atoms with E-state index in [1.165, 1.54) is 60.9 Å². The van der Waals surface area contributed by atoms with E-state index in [4.69, 9.17) is 8.83 Å². The van der Waals surface area contributed by atoms with E-state index in [0.717, 1.165) is 56.5 Å². The maximum Gasteiger partial charge on any atom is 0.262 e. The van der Waals surface area contributed by atoms with Crippen molar-refractivity contribution in [3.8, 4) is 22.3 Å². The largest absolute Gasteiger partial charge is 0.440 e. The molecule has 6 aliphatic rings. The predicted molar refractivity (Wildman–Crippen MR) is 258 cm³/mol. The molecular formula is C58H37BN2O2. The van der Waals surface area contributed by atoms with Gasteiger partial charge in [0.2, 0.25) is 11.8 Å². The van der Waals surface area contributed by atoms with Crippen molar-refractivity contribution >= 4 is 79.6 Å². The summed E-state index contributed by atoms with van der Waals surface area (Å²) in [6, 6.07) is 55.8. The second kappa shape index (κ2) is 12.4. The number of hydrogen-bond donors (Lipinski definition) is 0. The number of nitrogens with zero attached hydrogens (tertiary/aromatic N) is 2. The van der Waals surface area contributed by atoms with Crippen molar-refractivity contribution in [1.82, 2.24) is 0 Å².